The molecule has 6 amide bonds. The number of methoxy groups -OCH3 is 1. The number of aromatic nitrogens is 4. The van der Waals surface area contributed by atoms with Crippen molar-refractivity contribution in [2.24, 2.45) is 5.92 Å². The van der Waals surface area contributed by atoms with E-state index >= 15 is 0 Å². The number of benzene rings is 1. The Morgan fingerprint density at radius 3 is 2.08 bits per heavy atom. The van der Waals surface area contributed by atoms with Gasteiger partial charge in [-0.2, -0.15) is 18.2 Å². The first-order chi connectivity index (χ1) is 40.3. The number of nitrogens with zero attached hydrogens (tertiary/aromatic N) is 5. The number of carbonyl (C=O) groups excluding carboxylic acids is 8. The van der Waals surface area contributed by atoms with E-state index in [2.05, 4.69) is 95.8 Å². The van der Waals surface area contributed by atoms with Crippen molar-refractivity contribution < 1.29 is 60.7 Å². The van der Waals surface area contributed by atoms with E-state index in [9.17, 15) is 56.3 Å². The number of anilines is 2. The van der Waals surface area contributed by atoms with Gasteiger partial charge in [0.15, 0.2) is 19.5 Å². The van der Waals surface area contributed by atoms with E-state index in [0.29, 0.717) is 75.9 Å². The highest BCUT2D eigenvalue weighted by Gasteiger charge is 2.44. The molecule has 5 N–H and O–H groups in total. The lowest BCUT2D eigenvalue weighted by Gasteiger charge is -2.38. The summed E-state index contributed by atoms with van der Waals surface area (Å²) < 4.78 is 52.9. The van der Waals surface area contributed by atoms with E-state index in [1.165, 1.54) is 0 Å². The predicted molar refractivity (Wildman–Crippen MR) is 331 cm³/mol. The first-order valence-corrected chi connectivity index (χ1v) is 34.8. The third-order valence-electron chi connectivity index (χ3n) is 15.1. The molecular formula is C59H89F3N10O11S2Si. The number of hydrogen-bond donors (Lipinski definition) is 5. The summed E-state index contributed by atoms with van der Waals surface area (Å²) in [6, 6.07) is 3.37. The fraction of sp³-hybridized carbons (Fsp3) is 0.661. The fourth-order valence-corrected chi connectivity index (χ4v) is 13.0. The zero-order chi connectivity index (χ0) is 64.0. The van der Waals surface area contributed by atoms with Crippen LogP contribution in [0.2, 0.25) is 18.1 Å². The number of hydrogen-bond acceptors (Lipinski definition) is 16. The molecule has 0 spiro atoms. The molecule has 27 heteroatoms. The maximum Gasteiger partial charge on any atom is 0.471 e. The number of likely N-dealkylation sites (tertiary alicyclic amines) is 1. The highest BCUT2D eigenvalue weighted by Crippen LogP contribution is 2.40. The van der Waals surface area contributed by atoms with Crippen LogP contribution < -0.4 is 31.7 Å². The lowest BCUT2D eigenvalue weighted by atomic mass is 10.1. The molecule has 1 aliphatic rings. The Balaban J connectivity index is 1.07. The maximum atomic E-state index is 13.9. The van der Waals surface area contributed by atoms with Crippen LogP contribution >= 0.6 is 21.6 Å². The van der Waals surface area contributed by atoms with Crippen molar-refractivity contribution in [3.05, 3.63) is 52.1 Å². The molecule has 0 unspecified atom stereocenters. The second kappa shape index (κ2) is 34.0. The van der Waals surface area contributed by atoms with Gasteiger partial charge in [0, 0.05) is 85.4 Å². The molecule has 1 aromatic carbocycles. The largest absolute Gasteiger partial charge is 0.471 e. The minimum atomic E-state index is -5.34. The zero-order valence-electron chi connectivity index (χ0n) is 51.7. The number of H-pyrrole nitrogens is 1. The number of amides is 6. The van der Waals surface area contributed by atoms with Crippen molar-refractivity contribution in [1.82, 2.24) is 40.8 Å². The van der Waals surface area contributed by atoms with Gasteiger partial charge in [-0.1, -0.05) is 76.0 Å². The van der Waals surface area contributed by atoms with Crippen LogP contribution in [-0.2, 0) is 49.3 Å². The average Bonchev–Trinajstić information content (AvgIpc) is 1.45. The molecule has 2 aromatic heterocycles. The summed E-state index contributed by atoms with van der Waals surface area (Å²) in [7, 11) is 2.61. The minimum Gasteiger partial charge on any atom is -0.467 e. The second-order valence-electron chi connectivity index (χ2n) is 24.1. The molecule has 1 saturated heterocycles. The maximum absolute atomic E-state index is 13.9. The molecule has 86 heavy (non-hydrogen) atoms. The molecule has 3 aromatic rings. The van der Waals surface area contributed by atoms with Crippen molar-refractivity contribution in [3.63, 3.8) is 0 Å². The van der Waals surface area contributed by atoms with Crippen molar-refractivity contribution >= 4 is 99.9 Å². The smallest absolute Gasteiger partial charge is 0.467 e. The van der Waals surface area contributed by atoms with Gasteiger partial charge in [-0.05, 0) is 114 Å². The molecule has 0 radical (unpaired) electrons. The number of unbranched alkanes of at least 4 members (excludes halogenated alkanes) is 4. The Morgan fingerprint density at radius 1 is 0.849 bits per heavy atom. The Kier molecular flexibility index (Phi) is 28.7. The number of fused-ring (bicyclic) bond motifs is 1. The topological polar surface area (TPSA) is 281 Å². The van der Waals surface area contributed by atoms with E-state index in [4.69, 9.17) is 9.16 Å². The number of Topliss-reactive ketones (excluding diaryl/α,β-unsaturated/α-hetero) is 1. The molecular weight excluding hydrogens is 1170 g/mol. The molecule has 0 aliphatic carbocycles. The normalized spacial score (nSPS) is 15.1. The van der Waals surface area contributed by atoms with Gasteiger partial charge in [-0.3, -0.25) is 53.6 Å². The number of ketones is 1. The van der Waals surface area contributed by atoms with E-state index in [-0.39, 0.29) is 92.3 Å². The van der Waals surface area contributed by atoms with E-state index < -0.39 is 62.2 Å². The number of aromatic amines is 1. The van der Waals surface area contributed by atoms with Gasteiger partial charge in [0.05, 0.1) is 31.6 Å². The number of halogens is 3. The van der Waals surface area contributed by atoms with Gasteiger partial charge in [-0.25, -0.2) is 14.8 Å². The monoisotopic (exact) mass is 1260 g/mol. The number of rotatable bonds is 35. The van der Waals surface area contributed by atoms with Gasteiger partial charge in [-0.15, -0.1) is 0 Å². The standard InChI is InChI=1S/C59H89F3N10O11S2Si/c1-12-41-34-44(83-86(10,11)57(4,5)6)37-71(41)48(76)22-16-14-18-32-64-47(75)29-30-58(7,8)85-84-33-19-21-43(73)20-15-13-17-31-63-46(74)28-27-45(54(80)82-9)67-52(78)39-23-25-42(26-24-39)72(55(81)59(60,61)62)36-40-35-65-50-49(66-40)53(79)70-56(68-50)69-51(77)38(2)3/h23-26,35,38,41,44-45H,12-22,27-34,36-37H2,1-11H3,(H,63,74)(H,64,75)(H,67,78)(H2,65,68,69,70,77,79)/t41-,44-,45+/m1/s1. The van der Waals surface area contributed by atoms with Crippen LogP contribution in [-0.4, -0.2) is 142 Å². The summed E-state index contributed by atoms with van der Waals surface area (Å²) >= 11 is 0. The van der Waals surface area contributed by atoms with Crippen LogP contribution in [0.4, 0.5) is 24.8 Å². The molecule has 1 fully saturated rings. The van der Waals surface area contributed by atoms with Crippen LogP contribution in [0.1, 0.15) is 174 Å². The lowest BCUT2D eigenvalue weighted by Crippen LogP contribution is -2.44. The molecule has 3 heterocycles. The summed E-state index contributed by atoms with van der Waals surface area (Å²) in [6.45, 7) is 21.6. The Bertz CT molecular complexity index is 2850. The second-order valence-corrected chi connectivity index (χ2v) is 32.0. The third-order valence-corrected chi connectivity index (χ3v) is 23.1. The predicted octanol–water partition coefficient (Wildman–Crippen LogP) is 9.50. The molecule has 0 bridgehead atoms. The number of alkyl halides is 3. The first kappa shape index (κ1) is 72.5. The van der Waals surface area contributed by atoms with Crippen LogP contribution in [0.25, 0.3) is 11.2 Å². The van der Waals surface area contributed by atoms with Crippen molar-refractivity contribution in [2.45, 2.75) is 212 Å². The number of carbonyl (C=O) groups is 8. The molecule has 1 aliphatic heterocycles. The Labute approximate surface area is 511 Å². The highest BCUT2D eigenvalue weighted by atomic mass is 33.1. The number of esters is 1. The van der Waals surface area contributed by atoms with Crippen LogP contribution in [0.5, 0.6) is 0 Å². The molecule has 3 atom stereocenters. The Hall–Kier alpha value is -5.93. The summed E-state index contributed by atoms with van der Waals surface area (Å²) in [5.74, 6) is -4.25. The van der Waals surface area contributed by atoms with Gasteiger partial charge < -0.3 is 30.0 Å². The van der Waals surface area contributed by atoms with Crippen LogP contribution in [0.15, 0.2) is 35.3 Å². The van der Waals surface area contributed by atoms with Crippen molar-refractivity contribution in [1.29, 1.82) is 0 Å². The van der Waals surface area contributed by atoms with Gasteiger partial charge in [0.2, 0.25) is 29.6 Å². The fourth-order valence-electron chi connectivity index (χ4n) is 8.98. The van der Waals surface area contributed by atoms with Gasteiger partial charge in [0.1, 0.15) is 11.8 Å². The summed E-state index contributed by atoms with van der Waals surface area (Å²) in [5, 5.41) is 10.8. The number of ether oxygens (including phenoxy) is 1. The number of nitrogens with one attached hydrogen (secondary N) is 5. The quantitative estimate of drug-likeness (QED) is 0.0159. The average molecular weight is 1260 g/mol. The van der Waals surface area contributed by atoms with Crippen LogP contribution in [0.3, 0.4) is 0 Å². The molecule has 21 nitrogen and oxygen atoms in total. The summed E-state index contributed by atoms with van der Waals surface area (Å²) in [6.07, 6.45) is 5.04. The van der Waals surface area contributed by atoms with Gasteiger partial charge >= 0.3 is 18.1 Å². The summed E-state index contributed by atoms with van der Waals surface area (Å²) in [4.78, 5) is 131. The van der Waals surface area contributed by atoms with Crippen molar-refractivity contribution in [2.75, 3.05) is 42.7 Å². The molecule has 4 rings (SSSR count). The molecule has 478 valence electrons. The van der Waals surface area contributed by atoms with Crippen molar-refractivity contribution in [3.8, 4) is 0 Å². The first-order valence-electron chi connectivity index (χ1n) is 29.6. The van der Waals surface area contributed by atoms with E-state index in [1.54, 1.807) is 35.4 Å². The highest BCUT2D eigenvalue weighted by molar-refractivity contribution is 8.77. The van der Waals surface area contributed by atoms with E-state index in [1.807, 2.05) is 4.90 Å². The SMILES string of the molecule is CC[C@@H]1C[C@@H](O[Si](C)(C)C(C)(C)C)CN1C(=O)CCCCCNC(=O)CCC(C)(C)SSCCCC(=O)CCCCCNC(=O)CC[C@H](NC(=O)c1ccc(N(Cc2cnc3nc(NC(=O)C(C)C)[nH]c(=O)c3n2)C(=O)C(F)(F)F)cc1)C(=O)OC. The third kappa shape index (κ3) is 24.0. The lowest BCUT2D eigenvalue weighted by molar-refractivity contribution is -0.170. The minimum absolute atomic E-state index is 0.0219. The van der Waals surface area contributed by atoms with E-state index in [0.717, 1.165) is 81.8 Å². The summed E-state index contributed by atoms with van der Waals surface area (Å²) in [5.41, 5.74) is -2.06. The van der Waals surface area contributed by atoms with Gasteiger partial charge in [0.25, 0.3) is 11.5 Å². The molecule has 0 saturated carbocycles. The Morgan fingerprint density at radius 2 is 1.48 bits per heavy atom. The van der Waals surface area contributed by atoms with Crippen LogP contribution in [0, 0.1) is 5.92 Å². The zero-order valence-corrected chi connectivity index (χ0v) is 54.4.